The van der Waals surface area contributed by atoms with Crippen LogP contribution in [-0.4, -0.2) is 36.0 Å². The van der Waals surface area contributed by atoms with Gasteiger partial charge in [0.15, 0.2) is 0 Å². The van der Waals surface area contributed by atoms with Crippen LogP contribution in [0.4, 0.5) is 14.9 Å². The van der Waals surface area contributed by atoms with Crippen molar-refractivity contribution in [3.05, 3.63) is 30.1 Å². The number of carbonyl (C=O) groups is 2. The molecule has 1 heterocycles. The molecule has 0 spiro atoms. The molecule has 0 bridgehead atoms. The van der Waals surface area contributed by atoms with E-state index in [0.29, 0.717) is 6.04 Å². The van der Waals surface area contributed by atoms with Crippen molar-refractivity contribution < 1.29 is 14.0 Å². The van der Waals surface area contributed by atoms with Gasteiger partial charge in [0.2, 0.25) is 5.91 Å². The summed E-state index contributed by atoms with van der Waals surface area (Å²) in [5, 5.41) is 4.55. The molecule has 21 heavy (non-hydrogen) atoms. The van der Waals surface area contributed by atoms with Gasteiger partial charge in [0.25, 0.3) is 0 Å². The Morgan fingerprint density at radius 2 is 2.10 bits per heavy atom. The zero-order valence-electron chi connectivity index (χ0n) is 12.1. The lowest BCUT2D eigenvalue weighted by atomic mass is 10.0. The van der Waals surface area contributed by atoms with Crippen LogP contribution in [-0.2, 0) is 4.79 Å². The second-order valence-corrected chi connectivity index (χ2v) is 5.30. The van der Waals surface area contributed by atoms with Crippen LogP contribution < -0.4 is 10.6 Å². The molecule has 1 saturated heterocycles. The lowest BCUT2D eigenvalue weighted by Gasteiger charge is -2.32. The van der Waals surface area contributed by atoms with Crippen molar-refractivity contribution in [1.82, 2.24) is 10.2 Å². The maximum absolute atomic E-state index is 13.4. The quantitative estimate of drug-likeness (QED) is 0.899. The van der Waals surface area contributed by atoms with Crippen LogP contribution in [0.25, 0.3) is 0 Å². The SMILES string of the molecule is C[C@H]1CCCCN1CC(=O)NC(=O)Nc1ccccc1F. The van der Waals surface area contributed by atoms with Gasteiger partial charge >= 0.3 is 6.03 Å². The predicted octanol–water partition coefficient (Wildman–Crippen LogP) is 2.35. The topological polar surface area (TPSA) is 61.4 Å². The third-order valence-corrected chi connectivity index (χ3v) is 3.66. The first kappa shape index (κ1) is 15.4. The van der Waals surface area contributed by atoms with E-state index in [1.165, 1.54) is 24.6 Å². The summed E-state index contributed by atoms with van der Waals surface area (Å²) in [4.78, 5) is 25.6. The summed E-state index contributed by atoms with van der Waals surface area (Å²) in [6.07, 6.45) is 3.31. The van der Waals surface area contributed by atoms with Crippen molar-refractivity contribution in [3.63, 3.8) is 0 Å². The second kappa shape index (κ2) is 7.17. The van der Waals surface area contributed by atoms with Crippen LogP contribution in [0.15, 0.2) is 24.3 Å². The maximum atomic E-state index is 13.4. The summed E-state index contributed by atoms with van der Waals surface area (Å²) in [6, 6.07) is 5.45. The first-order valence-electron chi connectivity index (χ1n) is 7.15. The van der Waals surface area contributed by atoms with E-state index in [1.54, 1.807) is 6.07 Å². The first-order valence-corrected chi connectivity index (χ1v) is 7.15. The molecule has 114 valence electrons. The summed E-state index contributed by atoms with van der Waals surface area (Å²) in [7, 11) is 0. The van der Waals surface area contributed by atoms with Crippen LogP contribution in [0.5, 0.6) is 0 Å². The van der Waals surface area contributed by atoms with E-state index in [9.17, 15) is 14.0 Å². The molecule has 0 radical (unpaired) electrons. The van der Waals surface area contributed by atoms with Crippen LogP contribution >= 0.6 is 0 Å². The second-order valence-electron chi connectivity index (χ2n) is 5.30. The van der Waals surface area contributed by atoms with Crippen molar-refractivity contribution in [2.24, 2.45) is 0 Å². The predicted molar refractivity (Wildman–Crippen MR) is 78.4 cm³/mol. The number of hydrogen-bond acceptors (Lipinski definition) is 3. The molecule has 1 fully saturated rings. The Kier molecular flexibility index (Phi) is 5.27. The summed E-state index contributed by atoms with van der Waals surface area (Å²) < 4.78 is 13.4. The van der Waals surface area contributed by atoms with Gasteiger partial charge in [-0.05, 0) is 38.4 Å². The Hall–Kier alpha value is -1.95. The minimum atomic E-state index is -0.713. The lowest BCUT2D eigenvalue weighted by Crippen LogP contribution is -2.46. The normalized spacial score (nSPS) is 19.0. The molecule has 0 aliphatic carbocycles. The molecule has 2 rings (SSSR count). The van der Waals surface area contributed by atoms with Gasteiger partial charge in [-0.25, -0.2) is 9.18 Å². The zero-order valence-corrected chi connectivity index (χ0v) is 12.1. The van der Waals surface area contributed by atoms with Crippen molar-refractivity contribution in [2.75, 3.05) is 18.4 Å². The number of piperidine rings is 1. The van der Waals surface area contributed by atoms with Crippen LogP contribution in [0.1, 0.15) is 26.2 Å². The van der Waals surface area contributed by atoms with Crippen LogP contribution in [0.2, 0.25) is 0 Å². The molecule has 6 heteroatoms. The minimum absolute atomic E-state index is 0.0501. The van der Waals surface area contributed by atoms with Gasteiger partial charge in [-0.15, -0.1) is 0 Å². The van der Waals surface area contributed by atoms with Gasteiger partial charge < -0.3 is 5.32 Å². The van der Waals surface area contributed by atoms with Gasteiger partial charge in [-0.2, -0.15) is 0 Å². The number of likely N-dealkylation sites (tertiary alicyclic amines) is 1. The number of nitrogens with zero attached hydrogens (tertiary/aromatic N) is 1. The van der Waals surface area contributed by atoms with E-state index >= 15 is 0 Å². The molecule has 0 unspecified atom stereocenters. The number of imide groups is 1. The van der Waals surface area contributed by atoms with E-state index in [-0.39, 0.29) is 18.1 Å². The zero-order chi connectivity index (χ0) is 15.2. The molecule has 5 nitrogen and oxygen atoms in total. The van der Waals surface area contributed by atoms with E-state index in [4.69, 9.17) is 0 Å². The highest BCUT2D eigenvalue weighted by Crippen LogP contribution is 2.15. The fourth-order valence-electron chi connectivity index (χ4n) is 2.46. The van der Waals surface area contributed by atoms with Crippen LogP contribution in [0.3, 0.4) is 0 Å². The Balaban J connectivity index is 1.82. The van der Waals surface area contributed by atoms with Crippen molar-refractivity contribution >= 4 is 17.6 Å². The molecule has 2 N–H and O–H groups in total. The van der Waals surface area contributed by atoms with Gasteiger partial charge in [-0.1, -0.05) is 18.6 Å². The number of benzene rings is 1. The first-order chi connectivity index (χ1) is 10.1. The number of carbonyl (C=O) groups excluding carboxylic acids is 2. The third-order valence-electron chi connectivity index (χ3n) is 3.66. The fraction of sp³-hybridized carbons (Fsp3) is 0.467. The summed E-state index contributed by atoms with van der Waals surface area (Å²) >= 11 is 0. The standard InChI is InChI=1S/C15H20FN3O2/c1-11-6-4-5-9-19(11)10-14(20)18-15(21)17-13-8-3-2-7-12(13)16/h2-3,7-8,11H,4-6,9-10H2,1H3,(H2,17,18,20,21)/t11-/m0/s1. The highest BCUT2D eigenvalue weighted by Gasteiger charge is 2.21. The third kappa shape index (κ3) is 4.53. The largest absolute Gasteiger partial charge is 0.326 e. The van der Waals surface area contributed by atoms with Gasteiger partial charge in [0.05, 0.1) is 12.2 Å². The summed E-state index contributed by atoms with van der Waals surface area (Å²) in [5.41, 5.74) is 0.0501. The summed E-state index contributed by atoms with van der Waals surface area (Å²) in [5.74, 6) is -0.914. The molecule has 0 saturated carbocycles. The van der Waals surface area contributed by atoms with Gasteiger partial charge in [0.1, 0.15) is 5.82 Å². The number of rotatable bonds is 3. The number of amides is 3. The van der Waals surface area contributed by atoms with Crippen LogP contribution in [0, 0.1) is 5.82 Å². The van der Waals surface area contributed by atoms with E-state index in [0.717, 1.165) is 19.4 Å². The number of hydrogen-bond donors (Lipinski definition) is 2. The molecular formula is C15H20FN3O2. The molecule has 1 aromatic rings. The molecule has 1 aromatic carbocycles. The van der Waals surface area contributed by atoms with Gasteiger partial charge in [0, 0.05) is 6.04 Å². The smallest absolute Gasteiger partial charge is 0.305 e. The fourth-order valence-corrected chi connectivity index (χ4v) is 2.46. The minimum Gasteiger partial charge on any atom is -0.305 e. The van der Waals surface area contributed by atoms with E-state index in [2.05, 4.69) is 22.5 Å². The van der Waals surface area contributed by atoms with Gasteiger partial charge in [-0.3, -0.25) is 15.0 Å². The molecule has 1 aliphatic rings. The highest BCUT2D eigenvalue weighted by atomic mass is 19.1. The molecule has 1 atom stereocenters. The lowest BCUT2D eigenvalue weighted by molar-refractivity contribution is -0.121. The number of para-hydroxylation sites is 1. The number of anilines is 1. The number of halogens is 1. The monoisotopic (exact) mass is 293 g/mol. The van der Waals surface area contributed by atoms with E-state index in [1.807, 2.05) is 0 Å². The van der Waals surface area contributed by atoms with Crippen molar-refractivity contribution in [2.45, 2.75) is 32.2 Å². The average molecular weight is 293 g/mol. The average Bonchev–Trinajstić information content (AvgIpc) is 2.44. The Bertz CT molecular complexity index is 521. The molecule has 3 amide bonds. The van der Waals surface area contributed by atoms with Crippen molar-refractivity contribution in [3.8, 4) is 0 Å². The molecule has 0 aromatic heterocycles. The van der Waals surface area contributed by atoms with E-state index < -0.39 is 11.8 Å². The maximum Gasteiger partial charge on any atom is 0.326 e. The van der Waals surface area contributed by atoms with Crippen molar-refractivity contribution in [1.29, 1.82) is 0 Å². The Morgan fingerprint density at radius 1 is 1.33 bits per heavy atom. The Labute approximate surface area is 123 Å². The number of urea groups is 1. The molecule has 1 aliphatic heterocycles. The summed E-state index contributed by atoms with van der Waals surface area (Å²) in [6.45, 7) is 3.13. The molecular weight excluding hydrogens is 273 g/mol. The highest BCUT2D eigenvalue weighted by molar-refractivity contribution is 6.01. The number of nitrogens with one attached hydrogen (secondary N) is 2. The Morgan fingerprint density at radius 3 is 2.81 bits per heavy atom.